The van der Waals surface area contributed by atoms with Crippen molar-refractivity contribution in [1.29, 1.82) is 0 Å². The van der Waals surface area contributed by atoms with Crippen molar-refractivity contribution in [1.82, 2.24) is 20.4 Å². The first-order chi connectivity index (χ1) is 12.3. The van der Waals surface area contributed by atoms with Gasteiger partial charge in [0.2, 0.25) is 0 Å². The summed E-state index contributed by atoms with van der Waals surface area (Å²) in [4.78, 5) is 4.31. The van der Waals surface area contributed by atoms with Crippen molar-refractivity contribution in [2.45, 2.75) is 19.5 Å². The smallest absolute Gasteiger partial charge is 0.191 e. The van der Waals surface area contributed by atoms with Crippen LogP contribution in [0.25, 0.3) is 5.69 Å². The van der Waals surface area contributed by atoms with Crippen LogP contribution in [0, 0.1) is 0 Å². The van der Waals surface area contributed by atoms with Gasteiger partial charge in [-0.2, -0.15) is 5.10 Å². The Bertz CT molecular complexity index is 792. The van der Waals surface area contributed by atoms with E-state index in [1.807, 2.05) is 35.1 Å². The van der Waals surface area contributed by atoms with Gasteiger partial charge in [-0.1, -0.05) is 42.5 Å². The number of nitrogens with zero attached hydrogens (tertiary/aromatic N) is 3. The molecule has 1 unspecified atom stereocenters. The van der Waals surface area contributed by atoms with E-state index in [1.165, 1.54) is 11.1 Å². The Morgan fingerprint density at radius 2 is 1.84 bits per heavy atom. The first-order valence-electron chi connectivity index (χ1n) is 8.37. The van der Waals surface area contributed by atoms with Crippen molar-refractivity contribution < 1.29 is 0 Å². The standard InChI is InChI=1S/C20H23N5/c1-16(18-7-4-3-5-8-18)24-20(21-2)22-15-17-9-11-19(12-10-17)25-14-6-13-23-25/h3-14,16H,15H2,1-2H3,(H2,21,22,24). The van der Waals surface area contributed by atoms with E-state index in [-0.39, 0.29) is 6.04 Å². The first-order valence-corrected chi connectivity index (χ1v) is 8.37. The van der Waals surface area contributed by atoms with Crippen LogP contribution in [0.15, 0.2) is 78.0 Å². The average Bonchev–Trinajstić information content (AvgIpc) is 3.21. The minimum Gasteiger partial charge on any atom is -0.352 e. The van der Waals surface area contributed by atoms with E-state index >= 15 is 0 Å². The number of aliphatic imine (C=N–C) groups is 1. The molecule has 1 heterocycles. The molecule has 5 heteroatoms. The quantitative estimate of drug-likeness (QED) is 0.556. The van der Waals surface area contributed by atoms with Crippen molar-refractivity contribution >= 4 is 5.96 Å². The van der Waals surface area contributed by atoms with Gasteiger partial charge < -0.3 is 10.6 Å². The SMILES string of the molecule is CN=C(NCc1ccc(-n2cccn2)cc1)NC(C)c1ccccc1. The van der Waals surface area contributed by atoms with Gasteiger partial charge >= 0.3 is 0 Å². The lowest BCUT2D eigenvalue weighted by atomic mass is 10.1. The highest BCUT2D eigenvalue weighted by molar-refractivity contribution is 5.80. The molecule has 0 aliphatic heterocycles. The van der Waals surface area contributed by atoms with E-state index in [4.69, 9.17) is 0 Å². The molecule has 0 aliphatic carbocycles. The minimum absolute atomic E-state index is 0.189. The highest BCUT2D eigenvalue weighted by atomic mass is 15.3. The number of rotatable bonds is 5. The Morgan fingerprint density at radius 1 is 1.08 bits per heavy atom. The lowest BCUT2D eigenvalue weighted by Gasteiger charge is -2.18. The summed E-state index contributed by atoms with van der Waals surface area (Å²) >= 11 is 0. The lowest BCUT2D eigenvalue weighted by molar-refractivity contribution is 0.685. The van der Waals surface area contributed by atoms with Crippen LogP contribution >= 0.6 is 0 Å². The first kappa shape index (κ1) is 16.8. The van der Waals surface area contributed by atoms with Gasteiger partial charge in [-0.05, 0) is 36.2 Å². The number of guanidine groups is 1. The third-order valence-electron chi connectivity index (χ3n) is 4.04. The number of hydrogen-bond acceptors (Lipinski definition) is 2. The largest absolute Gasteiger partial charge is 0.352 e. The third kappa shape index (κ3) is 4.47. The zero-order valence-corrected chi connectivity index (χ0v) is 14.6. The van der Waals surface area contributed by atoms with Gasteiger partial charge in [0.25, 0.3) is 0 Å². The van der Waals surface area contributed by atoms with Crippen LogP contribution in [-0.4, -0.2) is 22.8 Å². The van der Waals surface area contributed by atoms with Crippen LogP contribution in [0.1, 0.15) is 24.1 Å². The highest BCUT2D eigenvalue weighted by Gasteiger charge is 2.07. The fraction of sp³-hybridized carbons (Fsp3) is 0.200. The number of nitrogens with one attached hydrogen (secondary N) is 2. The zero-order valence-electron chi connectivity index (χ0n) is 14.6. The Labute approximate surface area is 148 Å². The Kier molecular flexibility index (Phi) is 5.46. The molecule has 0 fully saturated rings. The maximum absolute atomic E-state index is 4.31. The summed E-state index contributed by atoms with van der Waals surface area (Å²) in [5.41, 5.74) is 3.47. The van der Waals surface area contributed by atoms with Gasteiger partial charge in [-0.15, -0.1) is 0 Å². The molecule has 0 bridgehead atoms. The van der Waals surface area contributed by atoms with Crippen LogP contribution in [0.3, 0.4) is 0 Å². The van der Waals surface area contributed by atoms with Crippen LogP contribution in [0.2, 0.25) is 0 Å². The second-order valence-electron chi connectivity index (χ2n) is 5.82. The van der Waals surface area contributed by atoms with E-state index in [1.54, 1.807) is 13.2 Å². The summed E-state index contributed by atoms with van der Waals surface area (Å²) in [5, 5.41) is 11.0. The van der Waals surface area contributed by atoms with Crippen LogP contribution in [0.4, 0.5) is 0 Å². The lowest BCUT2D eigenvalue weighted by Crippen LogP contribution is -2.38. The maximum atomic E-state index is 4.31. The molecule has 25 heavy (non-hydrogen) atoms. The molecule has 1 aromatic heterocycles. The maximum Gasteiger partial charge on any atom is 0.191 e. The number of benzene rings is 2. The molecule has 3 rings (SSSR count). The zero-order chi connectivity index (χ0) is 17.5. The van der Waals surface area contributed by atoms with Gasteiger partial charge in [0, 0.05) is 26.0 Å². The predicted octanol–water partition coefficient (Wildman–Crippen LogP) is 3.30. The van der Waals surface area contributed by atoms with Crippen LogP contribution in [-0.2, 0) is 6.54 Å². The van der Waals surface area contributed by atoms with Gasteiger partial charge in [-0.3, -0.25) is 4.99 Å². The molecule has 0 radical (unpaired) electrons. The summed E-state index contributed by atoms with van der Waals surface area (Å²) in [5.74, 6) is 0.785. The molecular formula is C20H23N5. The topological polar surface area (TPSA) is 54.2 Å². The molecule has 5 nitrogen and oxygen atoms in total. The van der Waals surface area contributed by atoms with Crippen LogP contribution < -0.4 is 10.6 Å². The predicted molar refractivity (Wildman–Crippen MR) is 102 cm³/mol. The fourth-order valence-electron chi connectivity index (χ4n) is 2.60. The monoisotopic (exact) mass is 333 g/mol. The Morgan fingerprint density at radius 3 is 2.48 bits per heavy atom. The molecule has 0 aliphatic rings. The van der Waals surface area contributed by atoms with E-state index in [0.717, 1.165) is 11.6 Å². The summed E-state index contributed by atoms with van der Waals surface area (Å²) in [6.07, 6.45) is 3.71. The Hall–Kier alpha value is -3.08. The highest BCUT2D eigenvalue weighted by Crippen LogP contribution is 2.11. The van der Waals surface area contributed by atoms with Crippen molar-refractivity contribution in [3.8, 4) is 5.69 Å². The second-order valence-corrected chi connectivity index (χ2v) is 5.82. The molecule has 2 aromatic carbocycles. The van der Waals surface area contributed by atoms with Crippen molar-refractivity contribution in [2.75, 3.05) is 7.05 Å². The number of hydrogen-bond donors (Lipinski definition) is 2. The van der Waals surface area contributed by atoms with E-state index in [2.05, 4.69) is 64.0 Å². The molecular weight excluding hydrogens is 310 g/mol. The molecule has 1 atom stereocenters. The van der Waals surface area contributed by atoms with E-state index in [0.29, 0.717) is 6.54 Å². The Balaban J connectivity index is 1.56. The fourth-order valence-corrected chi connectivity index (χ4v) is 2.60. The summed E-state index contributed by atoms with van der Waals surface area (Å²) in [7, 11) is 1.79. The van der Waals surface area contributed by atoms with Gasteiger partial charge in [0.1, 0.15) is 0 Å². The molecule has 0 saturated heterocycles. The molecule has 0 saturated carbocycles. The van der Waals surface area contributed by atoms with E-state index < -0.39 is 0 Å². The van der Waals surface area contributed by atoms with Gasteiger partial charge in [0.05, 0.1) is 11.7 Å². The summed E-state index contributed by atoms with van der Waals surface area (Å²) in [6, 6.07) is 20.8. The summed E-state index contributed by atoms with van der Waals surface area (Å²) in [6.45, 7) is 2.83. The van der Waals surface area contributed by atoms with Crippen molar-refractivity contribution in [3.05, 3.63) is 84.2 Å². The third-order valence-corrected chi connectivity index (χ3v) is 4.04. The molecule has 128 valence electrons. The summed E-state index contributed by atoms with van der Waals surface area (Å²) < 4.78 is 1.85. The van der Waals surface area contributed by atoms with Crippen molar-refractivity contribution in [2.24, 2.45) is 4.99 Å². The molecule has 0 amide bonds. The van der Waals surface area contributed by atoms with Crippen LogP contribution in [0.5, 0.6) is 0 Å². The van der Waals surface area contributed by atoms with Crippen molar-refractivity contribution in [3.63, 3.8) is 0 Å². The minimum atomic E-state index is 0.189. The number of aromatic nitrogens is 2. The van der Waals surface area contributed by atoms with Gasteiger partial charge in [-0.25, -0.2) is 4.68 Å². The van der Waals surface area contributed by atoms with E-state index in [9.17, 15) is 0 Å². The van der Waals surface area contributed by atoms with Gasteiger partial charge in [0.15, 0.2) is 5.96 Å². The molecule has 3 aromatic rings. The average molecular weight is 333 g/mol. The normalized spacial score (nSPS) is 12.6. The second kappa shape index (κ2) is 8.15. The molecule has 0 spiro atoms. The molecule has 2 N–H and O–H groups in total.